The van der Waals surface area contributed by atoms with E-state index in [-0.39, 0.29) is 0 Å². The van der Waals surface area contributed by atoms with Crippen molar-refractivity contribution in [3.05, 3.63) is 59.2 Å². The van der Waals surface area contributed by atoms with Crippen LogP contribution >= 0.6 is 0 Å². The smallest absolute Gasteiger partial charge is 0.0570 e. The molecule has 0 amide bonds. The third-order valence-corrected chi connectivity index (χ3v) is 2.67. The first-order chi connectivity index (χ1) is 8.25. The number of hydrogen-bond donors (Lipinski definition) is 1. The van der Waals surface area contributed by atoms with Gasteiger partial charge in [0.2, 0.25) is 0 Å². The van der Waals surface area contributed by atoms with Crippen LogP contribution in [0.4, 0.5) is 0 Å². The first-order valence-corrected chi connectivity index (χ1v) is 5.77. The van der Waals surface area contributed by atoms with Crippen molar-refractivity contribution in [3.8, 4) is 0 Å². The van der Waals surface area contributed by atoms with Gasteiger partial charge >= 0.3 is 0 Å². The summed E-state index contributed by atoms with van der Waals surface area (Å²) in [5.41, 5.74) is 4.73. The van der Waals surface area contributed by atoms with Crippen LogP contribution in [0.5, 0.6) is 0 Å². The summed E-state index contributed by atoms with van der Waals surface area (Å²) >= 11 is 0. The van der Waals surface area contributed by atoms with Crippen LogP contribution in [0.15, 0.2) is 36.8 Å². The lowest BCUT2D eigenvalue weighted by atomic mass is 10.2. The summed E-state index contributed by atoms with van der Waals surface area (Å²) in [6.07, 6.45) is 5.59. The zero-order chi connectivity index (χ0) is 12.1. The second-order valence-electron chi connectivity index (χ2n) is 4.24. The Morgan fingerprint density at radius 1 is 1.18 bits per heavy atom. The molecule has 0 aliphatic heterocycles. The summed E-state index contributed by atoms with van der Waals surface area (Å²) in [5, 5.41) is 3.38. The van der Waals surface area contributed by atoms with Gasteiger partial charge in [0.25, 0.3) is 0 Å². The zero-order valence-electron chi connectivity index (χ0n) is 10.3. The van der Waals surface area contributed by atoms with Crippen LogP contribution in [0, 0.1) is 13.8 Å². The summed E-state index contributed by atoms with van der Waals surface area (Å²) in [5.74, 6) is 0. The van der Waals surface area contributed by atoms with E-state index in [0.717, 1.165) is 18.8 Å². The largest absolute Gasteiger partial charge is 0.307 e. The molecule has 3 nitrogen and oxygen atoms in total. The van der Waals surface area contributed by atoms with Gasteiger partial charge in [-0.15, -0.1) is 0 Å². The van der Waals surface area contributed by atoms with Gasteiger partial charge in [-0.05, 0) is 36.6 Å². The summed E-state index contributed by atoms with van der Waals surface area (Å²) in [7, 11) is 0. The van der Waals surface area contributed by atoms with E-state index in [1.807, 2.05) is 24.7 Å². The highest BCUT2D eigenvalue weighted by Gasteiger charge is 1.98. The Kier molecular flexibility index (Phi) is 3.83. The molecule has 0 spiro atoms. The Hall–Kier alpha value is -1.74. The first kappa shape index (κ1) is 11.7. The minimum Gasteiger partial charge on any atom is -0.307 e. The molecule has 2 rings (SSSR count). The minimum absolute atomic E-state index is 0.792. The van der Waals surface area contributed by atoms with Crippen molar-refractivity contribution >= 4 is 0 Å². The number of nitrogens with one attached hydrogen (secondary N) is 1. The van der Waals surface area contributed by atoms with Crippen molar-refractivity contribution in [3.63, 3.8) is 0 Å². The van der Waals surface area contributed by atoms with E-state index < -0.39 is 0 Å². The lowest BCUT2D eigenvalue weighted by Gasteiger charge is -2.06. The summed E-state index contributed by atoms with van der Waals surface area (Å²) < 4.78 is 0. The van der Waals surface area contributed by atoms with E-state index in [2.05, 4.69) is 41.3 Å². The van der Waals surface area contributed by atoms with Crippen LogP contribution in [0.3, 0.4) is 0 Å². The number of nitrogens with zero attached hydrogens (tertiary/aromatic N) is 2. The van der Waals surface area contributed by atoms with Crippen LogP contribution in [0.25, 0.3) is 0 Å². The molecule has 2 aromatic heterocycles. The standard InChI is InChI=1S/C14H17N3/c1-11-6-13(8-15-7-11)9-16-10-14-12(2)4-3-5-17-14/h3-8,16H,9-10H2,1-2H3. The maximum atomic E-state index is 4.35. The number of rotatable bonds is 4. The Morgan fingerprint density at radius 3 is 2.82 bits per heavy atom. The van der Waals surface area contributed by atoms with Crippen molar-refractivity contribution in [1.82, 2.24) is 15.3 Å². The fraction of sp³-hybridized carbons (Fsp3) is 0.286. The minimum atomic E-state index is 0.792. The predicted octanol–water partition coefficient (Wildman–Crippen LogP) is 2.38. The topological polar surface area (TPSA) is 37.8 Å². The number of hydrogen-bond acceptors (Lipinski definition) is 3. The van der Waals surface area contributed by atoms with Gasteiger partial charge in [0.15, 0.2) is 0 Å². The fourth-order valence-corrected chi connectivity index (χ4v) is 1.74. The van der Waals surface area contributed by atoms with Crippen molar-refractivity contribution in [1.29, 1.82) is 0 Å². The average molecular weight is 227 g/mol. The van der Waals surface area contributed by atoms with E-state index in [0.29, 0.717) is 0 Å². The molecule has 17 heavy (non-hydrogen) atoms. The molecule has 0 fully saturated rings. The quantitative estimate of drug-likeness (QED) is 0.871. The molecule has 2 aromatic rings. The molecule has 0 saturated carbocycles. The molecule has 88 valence electrons. The van der Waals surface area contributed by atoms with Crippen molar-refractivity contribution in [2.75, 3.05) is 0 Å². The molecule has 0 aliphatic carbocycles. The highest BCUT2D eigenvalue weighted by molar-refractivity contribution is 5.18. The van der Waals surface area contributed by atoms with Gasteiger partial charge in [0.05, 0.1) is 5.69 Å². The van der Waals surface area contributed by atoms with Crippen molar-refractivity contribution in [2.24, 2.45) is 0 Å². The number of aryl methyl sites for hydroxylation is 2. The predicted molar refractivity (Wildman–Crippen MR) is 68.5 cm³/mol. The van der Waals surface area contributed by atoms with Gasteiger partial charge in [-0.1, -0.05) is 12.1 Å². The molecule has 3 heteroatoms. The average Bonchev–Trinajstić information content (AvgIpc) is 2.32. The SMILES string of the molecule is Cc1cncc(CNCc2ncccc2C)c1. The Labute approximate surface area is 102 Å². The third-order valence-electron chi connectivity index (χ3n) is 2.67. The molecular formula is C14H17N3. The van der Waals surface area contributed by atoms with Crippen molar-refractivity contribution in [2.45, 2.75) is 26.9 Å². The highest BCUT2D eigenvalue weighted by atomic mass is 14.9. The highest BCUT2D eigenvalue weighted by Crippen LogP contribution is 2.04. The van der Waals surface area contributed by atoms with E-state index in [4.69, 9.17) is 0 Å². The van der Waals surface area contributed by atoms with E-state index in [1.54, 1.807) is 0 Å². The second kappa shape index (κ2) is 5.55. The van der Waals surface area contributed by atoms with E-state index in [1.165, 1.54) is 16.7 Å². The number of pyridine rings is 2. The third kappa shape index (κ3) is 3.36. The van der Waals surface area contributed by atoms with Crippen LogP contribution in [0.2, 0.25) is 0 Å². The monoisotopic (exact) mass is 227 g/mol. The number of aromatic nitrogens is 2. The van der Waals surface area contributed by atoms with Crippen LogP contribution in [-0.2, 0) is 13.1 Å². The van der Waals surface area contributed by atoms with Gasteiger partial charge in [-0.3, -0.25) is 9.97 Å². The van der Waals surface area contributed by atoms with Gasteiger partial charge in [-0.2, -0.15) is 0 Å². The normalized spacial score (nSPS) is 10.5. The molecule has 0 atom stereocenters. The van der Waals surface area contributed by atoms with Crippen LogP contribution in [0.1, 0.15) is 22.4 Å². The first-order valence-electron chi connectivity index (χ1n) is 5.77. The maximum Gasteiger partial charge on any atom is 0.0570 e. The van der Waals surface area contributed by atoms with Gasteiger partial charge in [0.1, 0.15) is 0 Å². The second-order valence-corrected chi connectivity index (χ2v) is 4.24. The zero-order valence-corrected chi connectivity index (χ0v) is 10.3. The molecule has 1 N–H and O–H groups in total. The van der Waals surface area contributed by atoms with Crippen LogP contribution < -0.4 is 5.32 Å². The maximum absolute atomic E-state index is 4.35. The molecule has 0 bridgehead atoms. The Bertz CT molecular complexity index is 494. The van der Waals surface area contributed by atoms with E-state index >= 15 is 0 Å². The van der Waals surface area contributed by atoms with Gasteiger partial charge < -0.3 is 5.32 Å². The van der Waals surface area contributed by atoms with Crippen LogP contribution in [-0.4, -0.2) is 9.97 Å². The Balaban J connectivity index is 1.90. The summed E-state index contributed by atoms with van der Waals surface area (Å²) in [6.45, 7) is 5.75. The van der Waals surface area contributed by atoms with Gasteiger partial charge in [-0.25, -0.2) is 0 Å². The molecular weight excluding hydrogens is 210 g/mol. The summed E-state index contributed by atoms with van der Waals surface area (Å²) in [6, 6.07) is 6.19. The molecule has 2 heterocycles. The summed E-state index contributed by atoms with van der Waals surface area (Å²) in [4.78, 5) is 8.52. The lowest BCUT2D eigenvalue weighted by Crippen LogP contribution is -2.14. The molecule has 0 aromatic carbocycles. The Morgan fingerprint density at radius 2 is 2.06 bits per heavy atom. The molecule has 0 aliphatic rings. The lowest BCUT2D eigenvalue weighted by molar-refractivity contribution is 0.674. The molecule has 0 unspecified atom stereocenters. The molecule has 0 radical (unpaired) electrons. The van der Waals surface area contributed by atoms with Gasteiger partial charge in [0, 0.05) is 31.7 Å². The van der Waals surface area contributed by atoms with E-state index in [9.17, 15) is 0 Å². The fourth-order valence-electron chi connectivity index (χ4n) is 1.74. The molecule has 0 saturated heterocycles. The van der Waals surface area contributed by atoms with Crippen molar-refractivity contribution < 1.29 is 0 Å².